The molecule has 5 aromatic rings. The number of rotatable bonds is 3. The van der Waals surface area contributed by atoms with Crippen LogP contribution in [0.3, 0.4) is 0 Å². The molecule has 212 valence electrons. The Morgan fingerprint density at radius 2 is 1.68 bits per heavy atom. The number of benzene rings is 2. The van der Waals surface area contributed by atoms with E-state index in [9.17, 15) is 4.79 Å². The number of aromatic nitrogens is 4. The third-order valence-electron chi connectivity index (χ3n) is 6.85. The van der Waals surface area contributed by atoms with Crippen LogP contribution in [-0.4, -0.2) is 62.4 Å². The number of pyridine rings is 1. The van der Waals surface area contributed by atoms with Crippen molar-refractivity contribution in [2.24, 2.45) is 0 Å². The molecular weight excluding hydrogens is 536 g/mol. The van der Waals surface area contributed by atoms with Gasteiger partial charge in [0.25, 0.3) is 0 Å². The van der Waals surface area contributed by atoms with Crippen molar-refractivity contribution in [3.63, 3.8) is 0 Å². The van der Waals surface area contributed by atoms with E-state index in [1.165, 1.54) is 0 Å². The van der Waals surface area contributed by atoms with E-state index in [-0.39, 0.29) is 6.09 Å². The summed E-state index contributed by atoms with van der Waals surface area (Å²) in [7, 11) is 0. The predicted molar refractivity (Wildman–Crippen MR) is 166 cm³/mol. The van der Waals surface area contributed by atoms with Crippen molar-refractivity contribution in [2.75, 3.05) is 31.1 Å². The fraction of sp³-hybridized carbons (Fsp3) is 0.312. The van der Waals surface area contributed by atoms with Crippen molar-refractivity contribution in [2.45, 2.75) is 40.2 Å². The number of amides is 1. The first-order valence-corrected chi connectivity index (χ1v) is 14.3. The summed E-state index contributed by atoms with van der Waals surface area (Å²) < 4.78 is 7.31. The van der Waals surface area contributed by atoms with Crippen molar-refractivity contribution >= 4 is 39.9 Å². The van der Waals surface area contributed by atoms with Crippen LogP contribution in [0, 0.1) is 0 Å². The van der Waals surface area contributed by atoms with Crippen molar-refractivity contribution in [1.82, 2.24) is 24.5 Å². The molecule has 0 radical (unpaired) electrons. The number of carbonyl (C=O) groups is 1. The molecule has 4 heterocycles. The number of halogens is 1. The summed E-state index contributed by atoms with van der Waals surface area (Å²) >= 11 is 6.76. The molecule has 6 rings (SSSR count). The molecule has 1 fully saturated rings. The van der Waals surface area contributed by atoms with E-state index < -0.39 is 5.60 Å². The van der Waals surface area contributed by atoms with E-state index in [0.717, 1.165) is 44.5 Å². The van der Waals surface area contributed by atoms with E-state index >= 15 is 0 Å². The van der Waals surface area contributed by atoms with Gasteiger partial charge in [0.15, 0.2) is 5.65 Å². The molecule has 2 aromatic carbocycles. The van der Waals surface area contributed by atoms with E-state index in [0.29, 0.717) is 31.2 Å². The second-order valence-electron chi connectivity index (χ2n) is 10.7. The Hall–Kier alpha value is -4.17. The fourth-order valence-electron chi connectivity index (χ4n) is 4.95. The second-order valence-corrected chi connectivity index (χ2v) is 11.1. The third-order valence-corrected chi connectivity index (χ3v) is 7.15. The van der Waals surface area contributed by atoms with Crippen LogP contribution in [0.5, 0.6) is 0 Å². The maximum atomic E-state index is 12.4. The number of ether oxygens (including phenoxy) is 1. The van der Waals surface area contributed by atoms with Crippen molar-refractivity contribution < 1.29 is 9.53 Å². The monoisotopic (exact) mass is 570 g/mol. The Morgan fingerprint density at radius 1 is 0.902 bits per heavy atom. The van der Waals surface area contributed by atoms with E-state index in [1.807, 2.05) is 89.6 Å². The molecule has 8 nitrogen and oxygen atoms in total. The van der Waals surface area contributed by atoms with Gasteiger partial charge >= 0.3 is 6.09 Å². The van der Waals surface area contributed by atoms with E-state index in [2.05, 4.69) is 27.1 Å². The average Bonchev–Trinajstić information content (AvgIpc) is 3.40. The van der Waals surface area contributed by atoms with Gasteiger partial charge in [-0.3, -0.25) is 4.98 Å². The zero-order valence-corrected chi connectivity index (χ0v) is 24.9. The zero-order valence-electron chi connectivity index (χ0n) is 24.1. The van der Waals surface area contributed by atoms with Crippen molar-refractivity contribution in [1.29, 1.82) is 0 Å². The first-order chi connectivity index (χ1) is 19.8. The lowest BCUT2D eigenvalue weighted by atomic mass is 10.0. The highest BCUT2D eigenvalue weighted by molar-refractivity contribution is 6.33. The van der Waals surface area contributed by atoms with Crippen LogP contribution in [0.25, 0.3) is 38.8 Å². The number of carbonyl (C=O) groups excluding carboxylic acids is 1. The molecule has 9 heteroatoms. The summed E-state index contributed by atoms with van der Waals surface area (Å²) in [4.78, 5) is 25.6. The van der Waals surface area contributed by atoms with Crippen LogP contribution in [-0.2, 0) is 4.74 Å². The fourth-order valence-corrected chi connectivity index (χ4v) is 5.25. The molecule has 0 N–H and O–H groups in total. The van der Waals surface area contributed by atoms with Gasteiger partial charge in [0.05, 0.1) is 22.4 Å². The van der Waals surface area contributed by atoms with Crippen LogP contribution < -0.4 is 4.90 Å². The summed E-state index contributed by atoms with van der Waals surface area (Å²) in [6.45, 7) is 12.2. The van der Waals surface area contributed by atoms with Crippen LogP contribution >= 0.6 is 11.6 Å². The van der Waals surface area contributed by atoms with Gasteiger partial charge in [0.2, 0.25) is 0 Å². The zero-order chi connectivity index (χ0) is 29.1. The minimum Gasteiger partial charge on any atom is -0.444 e. The van der Waals surface area contributed by atoms with Gasteiger partial charge in [-0.15, -0.1) is 0 Å². The van der Waals surface area contributed by atoms with Gasteiger partial charge in [-0.2, -0.15) is 5.10 Å². The summed E-state index contributed by atoms with van der Waals surface area (Å²) in [5, 5.41) is 6.32. The highest BCUT2D eigenvalue weighted by Gasteiger charge is 2.26. The van der Waals surface area contributed by atoms with Gasteiger partial charge in [0, 0.05) is 61.3 Å². The Kier molecular flexibility index (Phi) is 8.13. The van der Waals surface area contributed by atoms with Crippen molar-refractivity contribution in [3.05, 3.63) is 78.3 Å². The van der Waals surface area contributed by atoms with E-state index in [4.69, 9.17) is 21.3 Å². The Morgan fingerprint density at radius 3 is 2.41 bits per heavy atom. The highest BCUT2D eigenvalue weighted by atomic mass is 35.5. The highest BCUT2D eigenvalue weighted by Crippen LogP contribution is 2.34. The number of piperazine rings is 1. The molecule has 0 atom stereocenters. The van der Waals surface area contributed by atoms with E-state index in [1.54, 1.807) is 15.6 Å². The Labute approximate surface area is 245 Å². The van der Waals surface area contributed by atoms with Crippen LogP contribution in [0.15, 0.2) is 73.3 Å². The third kappa shape index (κ3) is 5.98. The first kappa shape index (κ1) is 28.4. The van der Waals surface area contributed by atoms with Crippen LogP contribution in [0.2, 0.25) is 5.02 Å². The Balaban J connectivity index is 0.00000165. The number of nitrogens with zero attached hydrogens (tertiary/aromatic N) is 6. The molecule has 0 aliphatic carbocycles. The van der Waals surface area contributed by atoms with Gasteiger partial charge in [-0.05, 0) is 56.2 Å². The molecule has 1 aliphatic heterocycles. The minimum atomic E-state index is -0.504. The number of hydrogen-bond acceptors (Lipinski definition) is 6. The van der Waals surface area contributed by atoms with Gasteiger partial charge in [0.1, 0.15) is 5.60 Å². The first-order valence-electron chi connectivity index (χ1n) is 14.0. The minimum absolute atomic E-state index is 0.273. The number of fused-ring (bicyclic) bond motifs is 2. The lowest BCUT2D eigenvalue weighted by Crippen LogP contribution is -2.50. The summed E-state index contributed by atoms with van der Waals surface area (Å²) in [6, 6.07) is 16.1. The van der Waals surface area contributed by atoms with Gasteiger partial charge < -0.3 is 14.5 Å². The molecule has 0 bridgehead atoms. The lowest BCUT2D eigenvalue weighted by Gasteiger charge is -2.37. The second kappa shape index (κ2) is 11.7. The smallest absolute Gasteiger partial charge is 0.410 e. The maximum Gasteiger partial charge on any atom is 0.410 e. The normalized spacial score (nSPS) is 13.7. The molecule has 0 spiro atoms. The molecule has 41 heavy (non-hydrogen) atoms. The molecule has 3 aromatic heterocycles. The van der Waals surface area contributed by atoms with Crippen molar-refractivity contribution in [3.8, 4) is 22.3 Å². The Bertz CT molecular complexity index is 1680. The SMILES string of the molecule is CC.CC(C)(C)OC(=O)N1CCN(c2ccc(-c3cnc4c(-c5cccc6ncccc56)cnn4c3)cc2Cl)CC1. The summed E-state index contributed by atoms with van der Waals surface area (Å²) in [5.74, 6) is 0. The molecule has 0 saturated carbocycles. The maximum absolute atomic E-state index is 12.4. The van der Waals surface area contributed by atoms with Gasteiger partial charge in [-0.25, -0.2) is 14.3 Å². The van der Waals surface area contributed by atoms with Crippen LogP contribution in [0.4, 0.5) is 10.5 Å². The molecular formula is C32H35ClN6O2. The summed E-state index contributed by atoms with van der Waals surface area (Å²) in [6.07, 6.45) is 7.20. The topological polar surface area (TPSA) is 75.9 Å². The molecule has 1 amide bonds. The summed E-state index contributed by atoms with van der Waals surface area (Å²) in [5.41, 5.74) is 6.04. The quantitative estimate of drug-likeness (QED) is 0.226. The van der Waals surface area contributed by atoms with Gasteiger partial charge in [-0.1, -0.05) is 49.7 Å². The van der Waals surface area contributed by atoms with Crippen LogP contribution in [0.1, 0.15) is 34.6 Å². The predicted octanol–water partition coefficient (Wildman–Crippen LogP) is 7.35. The average molecular weight is 571 g/mol. The standard InChI is InChI=1S/C30H29ClN6O2.C2H6/c1-30(2,3)39-29(38)36-14-12-35(13-15-36)27-10-9-20(16-25(27)31)21-17-33-28-24(18-34-37(28)19-21)22-6-4-8-26-23(22)7-5-11-32-26;1-2/h4-11,16-19H,12-15H2,1-3H3;1-2H3. The molecule has 1 aliphatic rings. The number of anilines is 1. The number of hydrogen-bond donors (Lipinski definition) is 0. The molecule has 1 saturated heterocycles. The molecule has 0 unspecified atom stereocenters. The lowest BCUT2D eigenvalue weighted by molar-refractivity contribution is 0.0240. The largest absolute Gasteiger partial charge is 0.444 e.